The monoisotopic (exact) mass is 365 g/mol. The minimum atomic E-state index is 0.483. The second-order valence-electron chi connectivity index (χ2n) is 4.43. The van der Waals surface area contributed by atoms with E-state index in [9.17, 15) is 0 Å². The second kappa shape index (κ2) is 5.50. The van der Waals surface area contributed by atoms with Gasteiger partial charge in [-0.05, 0) is 52.7 Å². The van der Waals surface area contributed by atoms with Crippen molar-refractivity contribution in [2.75, 3.05) is 12.8 Å². The Bertz CT molecular complexity index is 797. The summed E-state index contributed by atoms with van der Waals surface area (Å²) < 4.78 is 11.4. The number of rotatable bonds is 3. The molecule has 0 atom stereocenters. The highest BCUT2D eigenvalue weighted by atomic mass is 79.9. The summed E-state index contributed by atoms with van der Waals surface area (Å²) in [6.45, 7) is 1.97. The number of methoxy groups -OCH3 is 1. The number of nitrogens with zero attached hydrogens (tertiary/aromatic N) is 2. The summed E-state index contributed by atoms with van der Waals surface area (Å²) in [5.41, 5.74) is 7.67. The zero-order valence-corrected chi connectivity index (χ0v) is 13.8. The van der Waals surface area contributed by atoms with Crippen molar-refractivity contribution in [2.45, 2.75) is 6.92 Å². The Labute approximate surface area is 133 Å². The van der Waals surface area contributed by atoms with Crippen LogP contribution in [-0.4, -0.2) is 17.3 Å². The van der Waals surface area contributed by atoms with Crippen molar-refractivity contribution in [3.63, 3.8) is 0 Å². The van der Waals surface area contributed by atoms with Crippen LogP contribution in [0.3, 0.4) is 0 Å². The van der Waals surface area contributed by atoms with Crippen molar-refractivity contribution in [1.82, 2.24) is 10.1 Å². The molecule has 0 spiro atoms. The Kier molecular flexibility index (Phi) is 3.69. The van der Waals surface area contributed by atoms with E-state index < -0.39 is 0 Å². The summed E-state index contributed by atoms with van der Waals surface area (Å²) in [7, 11) is 1.62. The molecule has 0 amide bonds. The summed E-state index contributed by atoms with van der Waals surface area (Å²) in [5, 5.41) is 4.76. The van der Waals surface area contributed by atoms with Gasteiger partial charge in [-0.15, -0.1) is 11.3 Å². The van der Waals surface area contributed by atoms with Crippen LogP contribution in [0.25, 0.3) is 22.2 Å². The molecule has 2 heterocycles. The Hall–Kier alpha value is -1.86. The maximum atomic E-state index is 5.80. The highest BCUT2D eigenvalue weighted by Crippen LogP contribution is 2.34. The number of hydrogen-bond acceptors (Lipinski definition) is 6. The van der Waals surface area contributed by atoms with Gasteiger partial charge < -0.3 is 15.0 Å². The number of aromatic nitrogens is 2. The van der Waals surface area contributed by atoms with Gasteiger partial charge in [-0.3, -0.25) is 0 Å². The van der Waals surface area contributed by atoms with E-state index in [4.69, 9.17) is 15.0 Å². The van der Waals surface area contributed by atoms with Gasteiger partial charge in [0.05, 0.1) is 21.5 Å². The molecule has 0 aliphatic carbocycles. The highest BCUT2D eigenvalue weighted by Gasteiger charge is 2.15. The van der Waals surface area contributed by atoms with Crippen LogP contribution in [0.5, 0.6) is 5.75 Å². The molecule has 3 rings (SSSR count). The molecule has 5 nitrogen and oxygen atoms in total. The van der Waals surface area contributed by atoms with E-state index in [1.165, 1.54) is 11.3 Å². The summed E-state index contributed by atoms with van der Waals surface area (Å²) in [4.78, 5) is 5.34. The molecule has 21 heavy (non-hydrogen) atoms. The Morgan fingerprint density at radius 3 is 2.76 bits per heavy atom. The third-order valence-electron chi connectivity index (χ3n) is 2.97. The van der Waals surface area contributed by atoms with Gasteiger partial charge in [0.15, 0.2) is 0 Å². The van der Waals surface area contributed by atoms with E-state index in [-0.39, 0.29) is 0 Å². The molecular formula is C14H12BrN3O2S. The van der Waals surface area contributed by atoms with Crippen molar-refractivity contribution in [3.05, 3.63) is 34.3 Å². The average Bonchev–Trinajstić information content (AvgIpc) is 3.05. The van der Waals surface area contributed by atoms with Gasteiger partial charge >= 0.3 is 0 Å². The first kappa shape index (κ1) is 14.1. The van der Waals surface area contributed by atoms with Gasteiger partial charge in [0.2, 0.25) is 5.82 Å². The van der Waals surface area contributed by atoms with Crippen LogP contribution >= 0.6 is 27.3 Å². The number of thiophene rings is 1. The van der Waals surface area contributed by atoms with Gasteiger partial charge in [-0.1, -0.05) is 5.16 Å². The molecule has 2 aromatic heterocycles. The van der Waals surface area contributed by atoms with Gasteiger partial charge in [0.1, 0.15) is 5.75 Å². The lowest BCUT2D eigenvalue weighted by molar-refractivity contribution is 0.412. The van der Waals surface area contributed by atoms with E-state index in [0.29, 0.717) is 11.7 Å². The molecule has 3 aromatic rings. The third-order valence-corrected chi connectivity index (χ3v) is 4.64. The normalized spacial score (nSPS) is 10.8. The fourth-order valence-corrected chi connectivity index (χ4v) is 3.36. The van der Waals surface area contributed by atoms with E-state index in [0.717, 1.165) is 31.2 Å². The lowest BCUT2D eigenvalue weighted by Crippen LogP contribution is -1.86. The number of benzene rings is 1. The number of anilines is 1. The molecule has 0 radical (unpaired) electrons. The zero-order valence-electron chi connectivity index (χ0n) is 11.4. The SMILES string of the molecule is COc1ccc(-c2noc(-c3sc(N)cc3C)n2)cc1Br. The maximum Gasteiger partial charge on any atom is 0.268 e. The number of hydrogen-bond donors (Lipinski definition) is 1. The molecular weight excluding hydrogens is 354 g/mol. The Balaban J connectivity index is 1.98. The number of aryl methyl sites for hydroxylation is 1. The van der Waals surface area contributed by atoms with E-state index >= 15 is 0 Å². The van der Waals surface area contributed by atoms with Gasteiger partial charge in [-0.2, -0.15) is 4.98 Å². The van der Waals surface area contributed by atoms with Crippen molar-refractivity contribution in [1.29, 1.82) is 0 Å². The van der Waals surface area contributed by atoms with Crippen molar-refractivity contribution in [3.8, 4) is 27.9 Å². The predicted molar refractivity (Wildman–Crippen MR) is 86.4 cm³/mol. The van der Waals surface area contributed by atoms with E-state index in [1.807, 2.05) is 31.2 Å². The van der Waals surface area contributed by atoms with Crippen LogP contribution in [-0.2, 0) is 0 Å². The van der Waals surface area contributed by atoms with Gasteiger partial charge in [0.25, 0.3) is 5.89 Å². The number of halogens is 1. The molecule has 0 aliphatic heterocycles. The highest BCUT2D eigenvalue weighted by molar-refractivity contribution is 9.10. The van der Waals surface area contributed by atoms with Gasteiger partial charge in [-0.25, -0.2) is 0 Å². The molecule has 2 N–H and O–H groups in total. The maximum absolute atomic E-state index is 5.80. The predicted octanol–water partition coefficient (Wildman–Crippen LogP) is 4.13. The van der Waals surface area contributed by atoms with E-state index in [2.05, 4.69) is 26.1 Å². The molecule has 7 heteroatoms. The summed E-state index contributed by atoms with van der Waals surface area (Å²) in [6.07, 6.45) is 0. The molecule has 0 unspecified atom stereocenters. The van der Waals surface area contributed by atoms with Crippen LogP contribution in [0.2, 0.25) is 0 Å². The Morgan fingerprint density at radius 1 is 1.33 bits per heavy atom. The topological polar surface area (TPSA) is 74.2 Å². The third kappa shape index (κ3) is 2.66. The lowest BCUT2D eigenvalue weighted by Gasteiger charge is -2.03. The first-order valence-corrected chi connectivity index (χ1v) is 7.73. The van der Waals surface area contributed by atoms with Crippen LogP contribution in [0.4, 0.5) is 5.00 Å². The second-order valence-corrected chi connectivity index (χ2v) is 6.37. The zero-order chi connectivity index (χ0) is 15.0. The summed E-state index contributed by atoms with van der Waals surface area (Å²) in [6, 6.07) is 7.52. The van der Waals surface area contributed by atoms with Crippen molar-refractivity contribution < 1.29 is 9.26 Å². The van der Waals surface area contributed by atoms with Crippen molar-refractivity contribution >= 4 is 32.3 Å². The smallest absolute Gasteiger partial charge is 0.268 e. The average molecular weight is 366 g/mol. The largest absolute Gasteiger partial charge is 0.496 e. The molecule has 0 saturated heterocycles. The van der Waals surface area contributed by atoms with Crippen LogP contribution in [0.15, 0.2) is 33.3 Å². The molecule has 0 fully saturated rings. The minimum Gasteiger partial charge on any atom is -0.496 e. The fourth-order valence-electron chi connectivity index (χ4n) is 1.96. The first-order valence-electron chi connectivity index (χ1n) is 6.12. The molecule has 1 aromatic carbocycles. The first-order chi connectivity index (χ1) is 10.1. The Morgan fingerprint density at radius 2 is 2.14 bits per heavy atom. The van der Waals surface area contributed by atoms with Crippen molar-refractivity contribution in [2.24, 2.45) is 0 Å². The van der Waals surface area contributed by atoms with Crippen LogP contribution < -0.4 is 10.5 Å². The molecule has 0 bridgehead atoms. The lowest BCUT2D eigenvalue weighted by atomic mass is 10.2. The standard InChI is InChI=1S/C14H12BrN3O2S/c1-7-5-11(16)21-12(7)14-17-13(18-20-14)8-3-4-10(19-2)9(15)6-8/h3-6H,16H2,1-2H3. The van der Waals surface area contributed by atoms with Crippen LogP contribution in [0.1, 0.15) is 5.56 Å². The van der Waals surface area contributed by atoms with Gasteiger partial charge in [0, 0.05) is 5.56 Å². The molecule has 0 saturated carbocycles. The minimum absolute atomic E-state index is 0.483. The summed E-state index contributed by atoms with van der Waals surface area (Å²) in [5.74, 6) is 1.76. The molecule has 0 aliphatic rings. The number of nitrogens with two attached hydrogens (primary N) is 1. The summed E-state index contributed by atoms with van der Waals surface area (Å²) >= 11 is 4.88. The number of nitrogen functional groups attached to an aromatic ring is 1. The quantitative estimate of drug-likeness (QED) is 0.755. The fraction of sp³-hybridized carbons (Fsp3) is 0.143. The van der Waals surface area contributed by atoms with E-state index in [1.54, 1.807) is 7.11 Å². The molecule has 108 valence electrons. The van der Waals surface area contributed by atoms with Crippen LogP contribution in [0, 0.1) is 6.92 Å². The number of ether oxygens (including phenoxy) is 1.